The van der Waals surface area contributed by atoms with Crippen LogP contribution in [0.5, 0.6) is 11.5 Å². The number of hydrogen-bond acceptors (Lipinski definition) is 12. The molecule has 0 saturated carbocycles. The number of esters is 1. The Labute approximate surface area is 299 Å². The van der Waals surface area contributed by atoms with E-state index < -0.39 is 35.6 Å². The number of hydrogen-bond donors (Lipinski definition) is 5. The zero-order valence-corrected chi connectivity index (χ0v) is 29.3. The van der Waals surface area contributed by atoms with Crippen LogP contribution in [-0.2, 0) is 41.8 Å². The largest absolute Gasteiger partial charge is 0.507 e. The third-order valence-electron chi connectivity index (χ3n) is 11.2. The van der Waals surface area contributed by atoms with Gasteiger partial charge in [0.05, 0.1) is 0 Å². The van der Waals surface area contributed by atoms with Crippen LogP contribution >= 0.6 is 0 Å². The Bertz CT molecular complexity index is 2340. The molecule has 2 bridgehead atoms. The van der Waals surface area contributed by atoms with Crippen LogP contribution in [-0.4, -0.2) is 50.9 Å². The number of anilines is 2. The number of fused-ring (bicyclic) bond motifs is 7. The van der Waals surface area contributed by atoms with E-state index in [0.29, 0.717) is 66.4 Å². The summed E-state index contributed by atoms with van der Waals surface area (Å²) in [5.74, 6) is -0.0773. The van der Waals surface area contributed by atoms with Gasteiger partial charge in [0.15, 0.2) is 11.0 Å². The number of phenolic OH excluding ortho intramolecular Hbond substituents is 1. The average molecular weight is 704 g/mol. The van der Waals surface area contributed by atoms with E-state index in [2.05, 4.69) is 21.4 Å². The van der Waals surface area contributed by atoms with Crippen LogP contribution in [0.15, 0.2) is 68.7 Å². The Morgan fingerprint density at radius 2 is 1.98 bits per heavy atom. The smallest absolute Gasteiger partial charge is 0.335 e. The van der Waals surface area contributed by atoms with Crippen LogP contribution in [0.3, 0.4) is 0 Å². The first-order valence-corrected chi connectivity index (χ1v) is 17.7. The van der Waals surface area contributed by atoms with Crippen LogP contribution in [0.1, 0.15) is 66.3 Å². The Balaban J connectivity index is 1.44. The normalized spacial score (nSPS) is 21.8. The number of pyridine rings is 2. The number of benzene rings is 1. The van der Waals surface area contributed by atoms with Crippen molar-refractivity contribution in [1.29, 1.82) is 0 Å². The third-order valence-corrected chi connectivity index (χ3v) is 11.2. The second kappa shape index (κ2) is 12.6. The minimum atomic E-state index is -1.23. The zero-order valence-electron chi connectivity index (χ0n) is 29.3. The molecule has 12 heteroatoms. The summed E-state index contributed by atoms with van der Waals surface area (Å²) in [5, 5.41) is 25.1. The number of rotatable bonds is 6. The van der Waals surface area contributed by atoms with E-state index in [1.807, 2.05) is 32.2 Å². The molecular formula is C40H41N5O7. The number of likely N-dealkylation sites (N-methyl/N-ethyl adjacent to an activating group) is 1. The number of aromatic nitrogens is 2. The van der Waals surface area contributed by atoms with Gasteiger partial charge in [-0.3, -0.25) is 4.79 Å². The monoisotopic (exact) mass is 703 g/mol. The van der Waals surface area contributed by atoms with Crippen LogP contribution in [0.4, 0.5) is 11.6 Å². The maximum Gasteiger partial charge on any atom is 0.335 e. The van der Waals surface area contributed by atoms with Crippen LogP contribution in [0.25, 0.3) is 16.5 Å². The predicted octanol–water partition coefficient (Wildman–Crippen LogP) is 4.21. The highest BCUT2D eigenvalue weighted by Gasteiger charge is 2.54. The molecule has 0 saturated heterocycles. The molecule has 0 amide bonds. The van der Waals surface area contributed by atoms with Crippen molar-refractivity contribution in [1.82, 2.24) is 15.3 Å². The highest BCUT2D eigenvalue weighted by molar-refractivity contribution is 5.94. The molecule has 0 spiro atoms. The summed E-state index contributed by atoms with van der Waals surface area (Å²) in [5.41, 5.74) is 19.4. The van der Waals surface area contributed by atoms with Gasteiger partial charge in [0.2, 0.25) is 0 Å². The summed E-state index contributed by atoms with van der Waals surface area (Å²) >= 11 is 0. The molecule has 4 aromatic rings. The fraction of sp³-hybridized carbons (Fsp3) is 0.350. The van der Waals surface area contributed by atoms with E-state index in [1.54, 1.807) is 19.2 Å². The number of aliphatic hydroxyl groups is 1. The molecule has 0 fully saturated rings. The van der Waals surface area contributed by atoms with E-state index >= 15 is 0 Å². The van der Waals surface area contributed by atoms with Gasteiger partial charge in [-0.1, -0.05) is 24.6 Å². The molecule has 0 unspecified atom stereocenters. The fourth-order valence-electron chi connectivity index (χ4n) is 8.53. The van der Waals surface area contributed by atoms with Crippen LogP contribution < -0.4 is 26.9 Å². The number of aliphatic hydroxyl groups excluding tert-OH is 1. The number of nitrogens with one attached hydrogen (secondary N) is 1. The summed E-state index contributed by atoms with van der Waals surface area (Å²) in [6.45, 7) is 6.17. The molecule has 2 aliphatic carbocycles. The zero-order chi connectivity index (χ0) is 36.5. The van der Waals surface area contributed by atoms with Crippen molar-refractivity contribution in [3.8, 4) is 11.5 Å². The van der Waals surface area contributed by atoms with Crippen molar-refractivity contribution in [3.63, 3.8) is 0 Å². The van der Waals surface area contributed by atoms with E-state index in [1.165, 1.54) is 11.6 Å². The van der Waals surface area contributed by atoms with Gasteiger partial charge in [0.1, 0.15) is 52.6 Å². The molecular weight excluding hydrogens is 662 g/mol. The lowest BCUT2D eigenvalue weighted by atomic mass is 9.69. The molecule has 8 rings (SSSR count). The Morgan fingerprint density at radius 3 is 2.75 bits per heavy atom. The van der Waals surface area contributed by atoms with Gasteiger partial charge < -0.3 is 40.9 Å². The Kier molecular flexibility index (Phi) is 8.19. The van der Waals surface area contributed by atoms with Crippen molar-refractivity contribution in [3.05, 3.63) is 109 Å². The number of ether oxygens (including phenoxy) is 2. The summed E-state index contributed by atoms with van der Waals surface area (Å²) < 4.78 is 19.9. The Hall–Kier alpha value is -5.46. The highest BCUT2D eigenvalue weighted by Crippen LogP contribution is 2.56. The summed E-state index contributed by atoms with van der Waals surface area (Å²) in [6.07, 6.45) is 8.47. The minimum absolute atomic E-state index is 0.0415. The molecule has 0 radical (unpaired) electrons. The molecule has 1 aromatic carbocycles. The number of nitrogens with two attached hydrogens (primary N) is 2. The molecule has 4 aliphatic rings. The van der Waals surface area contributed by atoms with Crippen molar-refractivity contribution >= 4 is 34.1 Å². The second-order valence-corrected chi connectivity index (χ2v) is 14.1. The number of nitrogens with zero attached hydrogens (tertiary/aromatic N) is 2. The van der Waals surface area contributed by atoms with Crippen LogP contribution in [0.2, 0.25) is 0 Å². The number of aromatic hydroxyl groups is 1. The van der Waals surface area contributed by atoms with Gasteiger partial charge in [0.25, 0.3) is 0 Å². The van der Waals surface area contributed by atoms with Gasteiger partial charge in [-0.25, -0.2) is 14.8 Å². The van der Waals surface area contributed by atoms with Crippen molar-refractivity contribution in [2.45, 2.75) is 71.2 Å². The fourth-order valence-corrected chi connectivity index (χ4v) is 8.53. The molecule has 3 atom stereocenters. The SMILES string of the molecule is C/C=C(/CNCC)C(=O)O[C@@H]1Cc2c3c(c4oc(CO)cc(=O)c4c2O)Cc2ccnc(N)c2C2=CCC4=C2[C@H](Cc2cnc(N)cc2C4)[C@]1(C)O3. The lowest BCUT2D eigenvalue weighted by molar-refractivity contribution is -0.162. The molecule has 268 valence electrons. The average Bonchev–Trinajstić information content (AvgIpc) is 3.43. The minimum Gasteiger partial charge on any atom is -0.507 e. The standard InChI is InChI=1S/C40H41N5O7/c1-4-19(16-43-5-2)39(49)51-30-15-26-35(48)34-29(47)14-24(18-46)50-37(34)27-11-21-8-9-44-38(42)33(21)25-7-6-20-10-22-13-31(41)45-17-23(22)12-28(32(20)25)40(30,3)52-36(26)27/h4,7-9,13-14,17,28,30,43,46,48H,5-6,10-12,15-16,18H2,1-3H3,(H2,41,45)(H2,42,44)/b19-4-/t28-,30+,40-/m0/s1. The first-order chi connectivity index (χ1) is 25.1. The van der Waals surface area contributed by atoms with E-state index in [9.17, 15) is 19.8 Å². The quantitative estimate of drug-likeness (QED) is 0.142. The number of carbonyl (C=O) groups excluding carboxylic acids is 1. The van der Waals surface area contributed by atoms with Crippen molar-refractivity contribution < 1.29 is 28.9 Å². The number of carbonyl (C=O) groups is 1. The van der Waals surface area contributed by atoms with Crippen molar-refractivity contribution in [2.75, 3.05) is 24.6 Å². The number of allylic oxidation sites excluding steroid dienone is 4. The summed E-state index contributed by atoms with van der Waals surface area (Å²) in [4.78, 5) is 36.6. The summed E-state index contributed by atoms with van der Waals surface area (Å²) in [6, 6.07) is 4.99. The van der Waals surface area contributed by atoms with E-state index in [4.69, 9.17) is 25.4 Å². The van der Waals surface area contributed by atoms with Gasteiger partial charge in [-0.15, -0.1) is 0 Å². The third kappa shape index (κ3) is 5.19. The molecule has 12 nitrogen and oxygen atoms in total. The lowest BCUT2D eigenvalue weighted by Crippen LogP contribution is -2.57. The molecule has 5 heterocycles. The maximum absolute atomic E-state index is 14.0. The highest BCUT2D eigenvalue weighted by atomic mass is 16.6. The van der Waals surface area contributed by atoms with Gasteiger partial charge in [-0.05, 0) is 79.6 Å². The predicted molar refractivity (Wildman–Crippen MR) is 196 cm³/mol. The molecule has 52 heavy (non-hydrogen) atoms. The molecule has 2 aliphatic heterocycles. The first-order valence-electron chi connectivity index (χ1n) is 17.7. The van der Waals surface area contributed by atoms with Gasteiger partial charge >= 0.3 is 5.97 Å². The van der Waals surface area contributed by atoms with Crippen LogP contribution in [0, 0.1) is 5.92 Å². The first kappa shape index (κ1) is 33.7. The van der Waals surface area contributed by atoms with E-state index in [0.717, 1.165) is 33.4 Å². The van der Waals surface area contributed by atoms with Crippen molar-refractivity contribution in [2.24, 2.45) is 5.92 Å². The van der Waals surface area contributed by atoms with Gasteiger partial charge in [0, 0.05) is 66.0 Å². The Morgan fingerprint density at radius 1 is 1.15 bits per heavy atom. The maximum atomic E-state index is 14.0. The topological polar surface area (TPSA) is 196 Å². The van der Waals surface area contributed by atoms with Gasteiger partial charge in [-0.2, -0.15) is 0 Å². The van der Waals surface area contributed by atoms with E-state index in [-0.39, 0.29) is 35.3 Å². The molecule has 3 aromatic heterocycles. The number of phenols is 1. The second-order valence-electron chi connectivity index (χ2n) is 14.1. The summed E-state index contributed by atoms with van der Waals surface area (Å²) in [7, 11) is 0. The molecule has 7 N–H and O–H groups in total. The lowest BCUT2D eigenvalue weighted by Gasteiger charge is -2.48. The number of nitrogen functional groups attached to an aromatic ring is 2.